The summed E-state index contributed by atoms with van der Waals surface area (Å²) in [6.07, 6.45) is 5.47. The van der Waals surface area contributed by atoms with Crippen LogP contribution < -0.4 is 4.74 Å². The number of piperidine rings is 1. The largest absolute Gasteiger partial charge is 0.491 e. The molecule has 0 aromatic heterocycles. The number of hydrogen-bond donors (Lipinski definition) is 1. The van der Waals surface area contributed by atoms with Crippen LogP contribution in [0.2, 0.25) is 0 Å². The maximum atomic E-state index is 8.84. The van der Waals surface area contributed by atoms with E-state index in [1.54, 1.807) is 0 Å². The fourth-order valence-corrected chi connectivity index (χ4v) is 3.69. The maximum absolute atomic E-state index is 8.84. The lowest BCUT2D eigenvalue weighted by Crippen LogP contribution is -2.40. The van der Waals surface area contributed by atoms with E-state index in [1.807, 2.05) is 12.1 Å². The van der Waals surface area contributed by atoms with Crippen LogP contribution in [0.5, 0.6) is 5.75 Å². The van der Waals surface area contributed by atoms with Crippen molar-refractivity contribution in [2.75, 3.05) is 39.4 Å². The van der Waals surface area contributed by atoms with Gasteiger partial charge in [0.25, 0.3) is 0 Å². The highest BCUT2D eigenvalue weighted by Crippen LogP contribution is 2.22. The number of aliphatic hydroxyl groups excluding tert-OH is 1. The Morgan fingerprint density at radius 2 is 2.00 bits per heavy atom. The number of ether oxygens (including phenoxy) is 1. The van der Waals surface area contributed by atoms with Crippen LogP contribution in [-0.4, -0.2) is 60.3 Å². The zero-order chi connectivity index (χ0) is 15.2. The average Bonchev–Trinajstić information content (AvgIpc) is 3.03. The average molecular weight is 304 g/mol. The van der Waals surface area contributed by atoms with Crippen LogP contribution in [0.3, 0.4) is 0 Å². The zero-order valence-electron chi connectivity index (χ0n) is 13.4. The number of nitrogens with zero attached hydrogens (tertiary/aromatic N) is 2. The second kappa shape index (κ2) is 7.95. The van der Waals surface area contributed by atoms with Crippen LogP contribution in [-0.2, 0) is 6.54 Å². The van der Waals surface area contributed by atoms with Crippen LogP contribution in [0.25, 0.3) is 0 Å². The van der Waals surface area contributed by atoms with Gasteiger partial charge in [-0.25, -0.2) is 0 Å². The van der Waals surface area contributed by atoms with E-state index in [4.69, 9.17) is 9.84 Å². The molecule has 0 amide bonds. The van der Waals surface area contributed by atoms with Gasteiger partial charge in [0.2, 0.25) is 0 Å². The van der Waals surface area contributed by atoms with Gasteiger partial charge >= 0.3 is 0 Å². The fourth-order valence-electron chi connectivity index (χ4n) is 3.69. The van der Waals surface area contributed by atoms with Gasteiger partial charge in [-0.15, -0.1) is 0 Å². The highest BCUT2D eigenvalue weighted by Gasteiger charge is 2.28. The number of rotatable bonds is 6. The smallest absolute Gasteiger partial charge is 0.119 e. The molecule has 0 saturated carbocycles. The van der Waals surface area contributed by atoms with Crippen molar-refractivity contribution in [1.82, 2.24) is 9.80 Å². The van der Waals surface area contributed by atoms with Gasteiger partial charge in [-0.1, -0.05) is 18.6 Å². The van der Waals surface area contributed by atoms with Gasteiger partial charge in [-0.05, 0) is 50.0 Å². The number of likely N-dealkylation sites (tertiary alicyclic amines) is 2. The summed E-state index contributed by atoms with van der Waals surface area (Å²) in [6.45, 7) is 6.41. The molecule has 0 aliphatic carbocycles. The molecule has 4 heteroatoms. The van der Waals surface area contributed by atoms with Gasteiger partial charge in [0.15, 0.2) is 0 Å². The van der Waals surface area contributed by atoms with E-state index in [0.29, 0.717) is 6.61 Å². The molecule has 1 aromatic carbocycles. The summed E-state index contributed by atoms with van der Waals surface area (Å²) in [5.41, 5.74) is 1.30. The molecular weight excluding hydrogens is 276 g/mol. The number of hydrogen-bond acceptors (Lipinski definition) is 4. The first-order valence-corrected chi connectivity index (χ1v) is 8.64. The lowest BCUT2D eigenvalue weighted by Gasteiger charge is -2.32. The van der Waals surface area contributed by atoms with E-state index in [0.717, 1.165) is 18.3 Å². The van der Waals surface area contributed by atoms with Gasteiger partial charge < -0.3 is 9.84 Å². The minimum absolute atomic E-state index is 0.0634. The third-order valence-corrected chi connectivity index (χ3v) is 4.82. The Morgan fingerprint density at radius 1 is 1.14 bits per heavy atom. The molecule has 0 radical (unpaired) electrons. The Balaban J connectivity index is 1.51. The van der Waals surface area contributed by atoms with E-state index in [1.165, 1.54) is 57.4 Å². The molecular formula is C18H28N2O2. The van der Waals surface area contributed by atoms with Crippen molar-refractivity contribution in [2.24, 2.45) is 0 Å². The Morgan fingerprint density at radius 3 is 2.82 bits per heavy atom. The zero-order valence-corrected chi connectivity index (χ0v) is 13.4. The molecule has 0 bridgehead atoms. The normalized spacial score (nSPS) is 23.8. The minimum atomic E-state index is 0.0634. The Bertz CT molecular complexity index is 460. The van der Waals surface area contributed by atoms with Gasteiger partial charge in [0.05, 0.1) is 6.61 Å². The van der Waals surface area contributed by atoms with E-state index in [9.17, 15) is 0 Å². The summed E-state index contributed by atoms with van der Waals surface area (Å²) in [5, 5.41) is 8.84. The third kappa shape index (κ3) is 4.22. The van der Waals surface area contributed by atoms with Gasteiger partial charge in [-0.2, -0.15) is 0 Å². The predicted molar refractivity (Wildman–Crippen MR) is 88.1 cm³/mol. The molecule has 0 spiro atoms. The maximum Gasteiger partial charge on any atom is 0.119 e. The molecule has 1 aromatic rings. The Labute approximate surface area is 133 Å². The lowest BCUT2D eigenvalue weighted by atomic mass is 10.1. The van der Waals surface area contributed by atoms with Crippen molar-refractivity contribution < 1.29 is 9.84 Å². The minimum Gasteiger partial charge on any atom is -0.491 e. The first kappa shape index (κ1) is 15.8. The Kier molecular flexibility index (Phi) is 5.70. The van der Waals surface area contributed by atoms with Crippen molar-refractivity contribution in [3.63, 3.8) is 0 Å². The molecule has 2 fully saturated rings. The number of benzene rings is 1. The van der Waals surface area contributed by atoms with Crippen molar-refractivity contribution in [3.05, 3.63) is 29.8 Å². The molecule has 3 rings (SSSR count). The van der Waals surface area contributed by atoms with Crippen molar-refractivity contribution in [3.8, 4) is 5.75 Å². The van der Waals surface area contributed by atoms with Crippen LogP contribution in [0.15, 0.2) is 24.3 Å². The van der Waals surface area contributed by atoms with Gasteiger partial charge in [0.1, 0.15) is 12.4 Å². The van der Waals surface area contributed by atoms with Gasteiger partial charge in [0, 0.05) is 25.7 Å². The highest BCUT2D eigenvalue weighted by molar-refractivity contribution is 5.28. The molecule has 2 aliphatic heterocycles. The summed E-state index contributed by atoms with van der Waals surface area (Å²) < 4.78 is 5.50. The third-order valence-electron chi connectivity index (χ3n) is 4.82. The van der Waals surface area contributed by atoms with E-state index in [-0.39, 0.29) is 6.61 Å². The lowest BCUT2D eigenvalue weighted by molar-refractivity contribution is 0.161. The monoisotopic (exact) mass is 304 g/mol. The fraction of sp³-hybridized carbons (Fsp3) is 0.667. The number of aliphatic hydroxyl groups is 1. The molecule has 22 heavy (non-hydrogen) atoms. The molecule has 2 saturated heterocycles. The summed E-state index contributed by atoms with van der Waals surface area (Å²) in [5.74, 6) is 0.860. The molecule has 0 unspecified atom stereocenters. The summed E-state index contributed by atoms with van der Waals surface area (Å²) >= 11 is 0. The first-order valence-electron chi connectivity index (χ1n) is 8.64. The quantitative estimate of drug-likeness (QED) is 0.873. The van der Waals surface area contributed by atoms with Crippen molar-refractivity contribution >= 4 is 0 Å². The highest BCUT2D eigenvalue weighted by atomic mass is 16.5. The molecule has 4 nitrogen and oxygen atoms in total. The van der Waals surface area contributed by atoms with Crippen molar-refractivity contribution in [2.45, 2.75) is 38.3 Å². The molecule has 2 heterocycles. The van der Waals surface area contributed by atoms with Crippen LogP contribution in [0.1, 0.15) is 31.2 Å². The summed E-state index contributed by atoms with van der Waals surface area (Å²) in [6, 6.07) is 9.03. The SMILES string of the molecule is OCCOc1cccc(CN2CC[C@H](N3CCCCC3)C2)c1. The molecule has 2 aliphatic rings. The topological polar surface area (TPSA) is 35.9 Å². The van der Waals surface area contributed by atoms with Gasteiger partial charge in [-0.3, -0.25) is 9.80 Å². The summed E-state index contributed by atoms with van der Waals surface area (Å²) in [7, 11) is 0. The molecule has 1 atom stereocenters. The van der Waals surface area contributed by atoms with Crippen molar-refractivity contribution in [1.29, 1.82) is 0 Å². The first-order chi connectivity index (χ1) is 10.8. The standard InChI is InChI=1S/C18H28N2O2/c21-11-12-22-18-6-4-5-16(13-18)14-19-10-7-17(15-19)20-8-2-1-3-9-20/h4-6,13,17,21H,1-3,7-12,14-15H2/t17-/m0/s1. The summed E-state index contributed by atoms with van der Waals surface area (Å²) in [4.78, 5) is 5.26. The second-order valence-corrected chi connectivity index (χ2v) is 6.49. The molecule has 122 valence electrons. The van der Waals surface area contributed by atoms with Crippen LogP contribution >= 0.6 is 0 Å². The van der Waals surface area contributed by atoms with Crippen LogP contribution in [0, 0.1) is 0 Å². The predicted octanol–water partition coefficient (Wildman–Crippen LogP) is 2.12. The van der Waals surface area contributed by atoms with E-state index < -0.39 is 0 Å². The van der Waals surface area contributed by atoms with Crippen LogP contribution in [0.4, 0.5) is 0 Å². The van der Waals surface area contributed by atoms with E-state index in [2.05, 4.69) is 21.9 Å². The van der Waals surface area contributed by atoms with E-state index >= 15 is 0 Å². The molecule has 1 N–H and O–H groups in total. The second-order valence-electron chi connectivity index (χ2n) is 6.49. The Hall–Kier alpha value is -1.10.